The summed E-state index contributed by atoms with van der Waals surface area (Å²) in [5, 5.41) is 3.45. The van der Waals surface area contributed by atoms with Crippen molar-refractivity contribution in [3.63, 3.8) is 0 Å². The van der Waals surface area contributed by atoms with Gasteiger partial charge in [0.15, 0.2) is 0 Å². The molecule has 5 heteroatoms. The Morgan fingerprint density at radius 3 is 2.74 bits per heavy atom. The zero-order chi connectivity index (χ0) is 13.7. The van der Waals surface area contributed by atoms with E-state index in [0.29, 0.717) is 12.6 Å². The van der Waals surface area contributed by atoms with Crippen molar-refractivity contribution < 1.29 is 18.3 Å². The topological polar surface area (TPSA) is 30.5 Å². The summed E-state index contributed by atoms with van der Waals surface area (Å²) in [4.78, 5) is 0. The summed E-state index contributed by atoms with van der Waals surface area (Å²) in [6.07, 6.45) is 2.05. The number of alkyl halides is 2. The minimum absolute atomic E-state index is 0.0304. The Morgan fingerprint density at radius 1 is 1.37 bits per heavy atom. The van der Waals surface area contributed by atoms with Gasteiger partial charge in [0.25, 0.3) is 0 Å². The number of ether oxygens (including phenoxy) is 2. The maximum absolute atomic E-state index is 12.1. The SMILES string of the molecule is CCC1CCOC(c2ccc(OC(F)F)cc2)CN1. The summed E-state index contributed by atoms with van der Waals surface area (Å²) >= 11 is 0. The molecule has 2 atom stereocenters. The van der Waals surface area contributed by atoms with Crippen LogP contribution in [0.3, 0.4) is 0 Å². The summed E-state index contributed by atoms with van der Waals surface area (Å²) in [6.45, 7) is 0.819. The highest BCUT2D eigenvalue weighted by molar-refractivity contribution is 5.29. The molecule has 2 unspecified atom stereocenters. The molecule has 19 heavy (non-hydrogen) atoms. The lowest BCUT2D eigenvalue weighted by atomic mass is 10.1. The van der Waals surface area contributed by atoms with Gasteiger partial charge in [-0.3, -0.25) is 0 Å². The van der Waals surface area contributed by atoms with E-state index in [9.17, 15) is 8.78 Å². The molecular formula is C14H19F2NO2. The predicted molar refractivity (Wildman–Crippen MR) is 68.5 cm³/mol. The molecule has 106 valence electrons. The van der Waals surface area contributed by atoms with Gasteiger partial charge >= 0.3 is 6.61 Å². The molecule has 0 spiro atoms. The quantitative estimate of drug-likeness (QED) is 0.912. The van der Waals surface area contributed by atoms with Gasteiger partial charge < -0.3 is 14.8 Å². The normalized spacial score (nSPS) is 24.2. The maximum atomic E-state index is 12.1. The lowest BCUT2D eigenvalue weighted by Gasteiger charge is -2.16. The van der Waals surface area contributed by atoms with Crippen molar-refractivity contribution in [2.24, 2.45) is 0 Å². The summed E-state index contributed by atoms with van der Waals surface area (Å²) in [6, 6.07) is 7.14. The molecule has 0 saturated carbocycles. The van der Waals surface area contributed by atoms with Gasteiger partial charge in [0.05, 0.1) is 6.10 Å². The fourth-order valence-corrected chi connectivity index (χ4v) is 2.21. The van der Waals surface area contributed by atoms with Gasteiger partial charge in [-0.25, -0.2) is 0 Å². The zero-order valence-corrected chi connectivity index (χ0v) is 10.9. The number of hydrogen-bond donors (Lipinski definition) is 1. The third-order valence-electron chi connectivity index (χ3n) is 3.35. The van der Waals surface area contributed by atoms with Crippen LogP contribution in [0.15, 0.2) is 24.3 Å². The first kappa shape index (κ1) is 14.2. The van der Waals surface area contributed by atoms with Crippen LogP contribution in [0.1, 0.15) is 31.4 Å². The molecule has 1 aromatic carbocycles. The van der Waals surface area contributed by atoms with E-state index in [1.165, 1.54) is 0 Å². The minimum Gasteiger partial charge on any atom is -0.435 e. The van der Waals surface area contributed by atoms with Crippen molar-refractivity contribution in [3.05, 3.63) is 29.8 Å². The van der Waals surface area contributed by atoms with Gasteiger partial charge in [-0.15, -0.1) is 0 Å². The lowest BCUT2D eigenvalue weighted by Crippen LogP contribution is -2.29. The smallest absolute Gasteiger partial charge is 0.387 e. The third-order valence-corrected chi connectivity index (χ3v) is 3.35. The van der Waals surface area contributed by atoms with E-state index in [4.69, 9.17) is 4.74 Å². The fourth-order valence-electron chi connectivity index (χ4n) is 2.21. The van der Waals surface area contributed by atoms with E-state index in [0.717, 1.165) is 24.9 Å². The summed E-state index contributed by atoms with van der Waals surface area (Å²) < 4.78 is 34.2. The molecule has 1 aliphatic rings. The van der Waals surface area contributed by atoms with Gasteiger partial charge in [-0.1, -0.05) is 19.1 Å². The highest BCUT2D eigenvalue weighted by Gasteiger charge is 2.19. The molecule has 0 bridgehead atoms. The molecular weight excluding hydrogens is 252 g/mol. The van der Waals surface area contributed by atoms with E-state index < -0.39 is 6.61 Å². The van der Waals surface area contributed by atoms with Crippen molar-refractivity contribution in [2.45, 2.75) is 38.5 Å². The van der Waals surface area contributed by atoms with E-state index in [1.807, 2.05) is 0 Å². The van der Waals surface area contributed by atoms with Crippen molar-refractivity contribution in [1.82, 2.24) is 5.32 Å². The van der Waals surface area contributed by atoms with Crippen LogP contribution in [0.5, 0.6) is 5.75 Å². The standard InChI is InChI=1S/C14H19F2NO2/c1-2-11-7-8-18-13(9-17-11)10-3-5-12(6-4-10)19-14(15)16/h3-6,11,13-14,17H,2,7-9H2,1H3. The van der Waals surface area contributed by atoms with E-state index in [2.05, 4.69) is 17.0 Å². The van der Waals surface area contributed by atoms with Crippen molar-refractivity contribution in [2.75, 3.05) is 13.2 Å². The second-order valence-electron chi connectivity index (χ2n) is 4.61. The lowest BCUT2D eigenvalue weighted by molar-refractivity contribution is -0.0498. The largest absolute Gasteiger partial charge is 0.435 e. The summed E-state index contributed by atoms with van der Waals surface area (Å²) in [5.74, 6) is 0.173. The predicted octanol–water partition coefficient (Wildman–Crippen LogP) is 3.12. The number of nitrogens with one attached hydrogen (secondary N) is 1. The Balaban J connectivity index is 1.97. The highest BCUT2D eigenvalue weighted by atomic mass is 19.3. The van der Waals surface area contributed by atoms with Gasteiger partial charge in [-0.05, 0) is 30.5 Å². The average molecular weight is 271 g/mol. The van der Waals surface area contributed by atoms with Crippen LogP contribution in [-0.4, -0.2) is 25.8 Å². The zero-order valence-electron chi connectivity index (χ0n) is 10.9. The summed E-state index contributed by atoms with van der Waals surface area (Å²) in [5.41, 5.74) is 0.978. The molecule has 0 aromatic heterocycles. The van der Waals surface area contributed by atoms with Gasteiger partial charge in [0.2, 0.25) is 0 Å². The van der Waals surface area contributed by atoms with Crippen LogP contribution in [0.4, 0.5) is 8.78 Å². The van der Waals surface area contributed by atoms with Crippen molar-refractivity contribution in [3.8, 4) is 5.75 Å². The molecule has 1 N–H and O–H groups in total. The van der Waals surface area contributed by atoms with E-state index in [1.54, 1.807) is 24.3 Å². The molecule has 1 aliphatic heterocycles. The minimum atomic E-state index is -2.79. The van der Waals surface area contributed by atoms with Crippen LogP contribution in [0.2, 0.25) is 0 Å². The van der Waals surface area contributed by atoms with Gasteiger partial charge in [-0.2, -0.15) is 8.78 Å². The molecule has 2 rings (SSSR count). The highest BCUT2D eigenvalue weighted by Crippen LogP contribution is 2.23. The van der Waals surface area contributed by atoms with Crippen molar-refractivity contribution >= 4 is 0 Å². The number of rotatable bonds is 4. The number of benzene rings is 1. The molecule has 1 aromatic rings. The van der Waals surface area contributed by atoms with Gasteiger partial charge in [0.1, 0.15) is 5.75 Å². The monoisotopic (exact) mass is 271 g/mol. The molecule has 3 nitrogen and oxygen atoms in total. The van der Waals surface area contributed by atoms with Crippen LogP contribution in [0.25, 0.3) is 0 Å². The number of halogens is 2. The van der Waals surface area contributed by atoms with E-state index >= 15 is 0 Å². The van der Waals surface area contributed by atoms with Crippen LogP contribution >= 0.6 is 0 Å². The first-order valence-corrected chi connectivity index (χ1v) is 6.58. The third kappa shape index (κ3) is 4.14. The van der Waals surface area contributed by atoms with Gasteiger partial charge in [0, 0.05) is 19.2 Å². The first-order chi connectivity index (χ1) is 9.19. The van der Waals surface area contributed by atoms with Crippen LogP contribution in [0, 0.1) is 0 Å². The van der Waals surface area contributed by atoms with Crippen LogP contribution in [-0.2, 0) is 4.74 Å². The Labute approximate surface area is 111 Å². The summed E-state index contributed by atoms with van der Waals surface area (Å²) in [7, 11) is 0. The maximum Gasteiger partial charge on any atom is 0.387 e. The van der Waals surface area contributed by atoms with Crippen LogP contribution < -0.4 is 10.1 Å². The second-order valence-corrected chi connectivity index (χ2v) is 4.61. The second kappa shape index (κ2) is 6.82. The molecule has 0 aliphatic carbocycles. The average Bonchev–Trinajstić information content (AvgIpc) is 2.64. The Kier molecular flexibility index (Phi) is 5.10. The Morgan fingerprint density at radius 2 is 2.11 bits per heavy atom. The number of hydrogen-bond acceptors (Lipinski definition) is 3. The molecule has 1 fully saturated rings. The molecule has 0 amide bonds. The van der Waals surface area contributed by atoms with E-state index in [-0.39, 0.29) is 11.9 Å². The Bertz CT molecular complexity index is 384. The molecule has 1 heterocycles. The molecule has 0 radical (unpaired) electrons. The Hall–Kier alpha value is -1.20. The van der Waals surface area contributed by atoms with Crippen molar-refractivity contribution in [1.29, 1.82) is 0 Å². The fraction of sp³-hybridized carbons (Fsp3) is 0.571. The first-order valence-electron chi connectivity index (χ1n) is 6.58. The molecule has 1 saturated heterocycles.